The maximum absolute atomic E-state index is 13.1. The summed E-state index contributed by atoms with van der Waals surface area (Å²) in [7, 11) is 2.96. The number of hydrogen-bond acceptors (Lipinski definition) is 6. The van der Waals surface area contributed by atoms with Crippen LogP contribution in [0.3, 0.4) is 0 Å². The van der Waals surface area contributed by atoms with Crippen molar-refractivity contribution in [3.63, 3.8) is 0 Å². The van der Waals surface area contributed by atoms with E-state index in [0.717, 1.165) is 0 Å². The van der Waals surface area contributed by atoms with Gasteiger partial charge in [-0.2, -0.15) is 5.26 Å². The minimum Gasteiger partial charge on any atom is -0.493 e. The van der Waals surface area contributed by atoms with E-state index < -0.39 is 23.7 Å². The third-order valence-electron chi connectivity index (χ3n) is 5.03. The molecular formula is C22H22N2O5. The Labute approximate surface area is 169 Å². The number of carbonyl (C=O) groups excluding carboxylic acids is 2. The van der Waals surface area contributed by atoms with Gasteiger partial charge in [0, 0.05) is 24.1 Å². The van der Waals surface area contributed by atoms with Gasteiger partial charge >= 0.3 is 0 Å². The number of fused-ring (bicyclic) bond motifs is 1. The van der Waals surface area contributed by atoms with Crippen LogP contribution in [0.5, 0.6) is 11.5 Å². The summed E-state index contributed by atoms with van der Waals surface area (Å²) in [6.45, 7) is 0.302. The minimum absolute atomic E-state index is 0.301. The molecule has 0 spiro atoms. The smallest absolute Gasteiger partial charge is 0.264 e. The molecule has 0 fully saturated rings. The van der Waals surface area contributed by atoms with Crippen LogP contribution in [0.4, 0.5) is 5.69 Å². The number of para-hydroxylation sites is 1. The average molecular weight is 394 g/mol. The molecule has 1 atom stereocenters. The Balaban J connectivity index is 1.90. The van der Waals surface area contributed by atoms with Gasteiger partial charge in [0.2, 0.25) is 0 Å². The van der Waals surface area contributed by atoms with Crippen molar-refractivity contribution in [3.8, 4) is 17.6 Å². The Morgan fingerprint density at radius 1 is 1.17 bits per heavy atom. The van der Waals surface area contributed by atoms with E-state index in [0.29, 0.717) is 47.7 Å². The SMILES string of the molecule is COc1ccc(C(=O)C[C@@]2(O)C(=O)N(CCCC#N)c3ccccc32)cc1OC. The number of hydrogen-bond donors (Lipinski definition) is 1. The maximum Gasteiger partial charge on any atom is 0.264 e. The number of Topliss-reactive ketones (excluding diaryl/α,β-unsaturated/α-hetero) is 1. The Hall–Kier alpha value is -3.37. The highest BCUT2D eigenvalue weighted by atomic mass is 16.5. The van der Waals surface area contributed by atoms with Crippen molar-refractivity contribution in [2.45, 2.75) is 24.9 Å². The summed E-state index contributed by atoms with van der Waals surface area (Å²) in [4.78, 5) is 27.4. The summed E-state index contributed by atoms with van der Waals surface area (Å²) in [6.07, 6.45) is 0.387. The molecule has 0 saturated heterocycles. The molecule has 3 rings (SSSR count). The van der Waals surface area contributed by atoms with Crippen molar-refractivity contribution in [2.75, 3.05) is 25.7 Å². The normalized spacial score (nSPS) is 17.6. The van der Waals surface area contributed by atoms with Crippen LogP contribution in [0.2, 0.25) is 0 Å². The molecule has 29 heavy (non-hydrogen) atoms. The van der Waals surface area contributed by atoms with Crippen molar-refractivity contribution in [1.29, 1.82) is 5.26 Å². The van der Waals surface area contributed by atoms with Gasteiger partial charge in [-0.15, -0.1) is 0 Å². The molecule has 0 bridgehead atoms. The predicted molar refractivity (Wildman–Crippen MR) is 106 cm³/mol. The van der Waals surface area contributed by atoms with Crippen LogP contribution in [0.15, 0.2) is 42.5 Å². The molecule has 1 heterocycles. The molecule has 2 aromatic rings. The summed E-state index contributed by atoms with van der Waals surface area (Å²) in [6, 6.07) is 13.6. The molecule has 0 aliphatic carbocycles. The number of aliphatic hydroxyl groups is 1. The molecular weight excluding hydrogens is 372 g/mol. The second-order valence-electron chi connectivity index (χ2n) is 6.77. The Kier molecular flexibility index (Phi) is 5.85. The molecule has 0 radical (unpaired) electrons. The molecule has 2 aromatic carbocycles. The summed E-state index contributed by atoms with van der Waals surface area (Å²) >= 11 is 0. The lowest BCUT2D eigenvalue weighted by Gasteiger charge is -2.22. The molecule has 0 unspecified atom stereocenters. The number of carbonyl (C=O) groups is 2. The third-order valence-corrected chi connectivity index (χ3v) is 5.03. The lowest BCUT2D eigenvalue weighted by molar-refractivity contribution is -0.135. The monoisotopic (exact) mass is 394 g/mol. The van der Waals surface area contributed by atoms with Crippen molar-refractivity contribution in [3.05, 3.63) is 53.6 Å². The zero-order valence-electron chi connectivity index (χ0n) is 16.3. The number of nitrogens with zero attached hydrogens (tertiary/aromatic N) is 2. The summed E-state index contributed by atoms with van der Waals surface area (Å²) < 4.78 is 10.4. The molecule has 1 N–H and O–H groups in total. The van der Waals surface area contributed by atoms with E-state index in [9.17, 15) is 14.7 Å². The van der Waals surface area contributed by atoms with E-state index in [1.807, 2.05) is 6.07 Å². The highest BCUT2D eigenvalue weighted by molar-refractivity contribution is 6.10. The molecule has 0 aromatic heterocycles. The first-order valence-corrected chi connectivity index (χ1v) is 9.22. The first kappa shape index (κ1) is 20.4. The van der Waals surface area contributed by atoms with Crippen LogP contribution < -0.4 is 14.4 Å². The molecule has 7 nitrogen and oxygen atoms in total. The number of anilines is 1. The minimum atomic E-state index is -1.95. The van der Waals surface area contributed by atoms with Crippen molar-refractivity contribution in [1.82, 2.24) is 0 Å². The van der Waals surface area contributed by atoms with Crippen LogP contribution in [0, 0.1) is 11.3 Å². The van der Waals surface area contributed by atoms with E-state index in [-0.39, 0.29) is 0 Å². The third kappa shape index (κ3) is 3.67. The maximum atomic E-state index is 13.1. The Morgan fingerprint density at radius 3 is 2.59 bits per heavy atom. The number of nitriles is 1. The molecule has 0 saturated carbocycles. The topological polar surface area (TPSA) is 99.9 Å². The van der Waals surface area contributed by atoms with Crippen molar-refractivity contribution < 1.29 is 24.2 Å². The van der Waals surface area contributed by atoms with Crippen LogP contribution in [0.1, 0.15) is 35.2 Å². The standard InChI is InChI=1S/C22H22N2O5/c1-28-19-10-9-15(13-20(19)29-2)18(25)14-22(27)16-7-3-4-8-17(16)24(21(22)26)12-6-5-11-23/h3-4,7-10,13,27H,5-6,12,14H2,1-2H3/t22-/m0/s1. The van der Waals surface area contributed by atoms with Crippen molar-refractivity contribution in [2.24, 2.45) is 0 Å². The number of amides is 1. The van der Waals surface area contributed by atoms with E-state index in [1.165, 1.54) is 25.2 Å². The molecule has 1 aliphatic heterocycles. The van der Waals surface area contributed by atoms with E-state index in [4.69, 9.17) is 14.7 Å². The summed E-state index contributed by atoms with van der Waals surface area (Å²) in [5.74, 6) is -0.0729. The van der Waals surface area contributed by atoms with Gasteiger partial charge < -0.3 is 19.5 Å². The fourth-order valence-corrected chi connectivity index (χ4v) is 3.56. The Morgan fingerprint density at radius 2 is 1.90 bits per heavy atom. The number of benzene rings is 2. The lowest BCUT2D eigenvalue weighted by Crippen LogP contribution is -2.42. The van der Waals surface area contributed by atoms with Gasteiger partial charge in [-0.05, 0) is 30.7 Å². The number of unbranched alkanes of at least 4 members (excludes halogenated alkanes) is 1. The van der Waals surface area contributed by atoms with Gasteiger partial charge in [-0.25, -0.2) is 0 Å². The first-order valence-electron chi connectivity index (χ1n) is 9.22. The molecule has 1 amide bonds. The highest BCUT2D eigenvalue weighted by Crippen LogP contribution is 2.43. The van der Waals surface area contributed by atoms with Gasteiger partial charge in [-0.3, -0.25) is 9.59 Å². The van der Waals surface area contributed by atoms with Gasteiger partial charge in [0.15, 0.2) is 22.9 Å². The lowest BCUT2D eigenvalue weighted by atomic mass is 9.88. The van der Waals surface area contributed by atoms with Gasteiger partial charge in [0.1, 0.15) is 0 Å². The van der Waals surface area contributed by atoms with Gasteiger partial charge in [-0.1, -0.05) is 18.2 Å². The van der Waals surface area contributed by atoms with E-state index in [1.54, 1.807) is 36.4 Å². The van der Waals surface area contributed by atoms with Crippen LogP contribution in [-0.4, -0.2) is 37.6 Å². The number of ketones is 1. The fraction of sp³-hybridized carbons (Fsp3) is 0.318. The Bertz CT molecular complexity index is 981. The first-order chi connectivity index (χ1) is 14.0. The summed E-state index contributed by atoms with van der Waals surface area (Å²) in [5, 5.41) is 20.0. The predicted octanol–water partition coefficient (Wildman–Crippen LogP) is 2.81. The molecule has 150 valence electrons. The fourth-order valence-electron chi connectivity index (χ4n) is 3.56. The highest BCUT2D eigenvalue weighted by Gasteiger charge is 2.50. The number of rotatable bonds is 8. The molecule has 7 heteroatoms. The largest absolute Gasteiger partial charge is 0.493 e. The zero-order chi connectivity index (χ0) is 21.0. The second-order valence-corrected chi connectivity index (χ2v) is 6.77. The summed E-state index contributed by atoms with van der Waals surface area (Å²) in [5.41, 5.74) is -0.675. The molecule has 1 aliphatic rings. The van der Waals surface area contributed by atoms with Gasteiger partial charge in [0.05, 0.1) is 32.4 Å². The van der Waals surface area contributed by atoms with Crippen molar-refractivity contribution >= 4 is 17.4 Å². The number of ether oxygens (including phenoxy) is 2. The average Bonchev–Trinajstić information content (AvgIpc) is 2.95. The quantitative estimate of drug-likeness (QED) is 0.546. The van der Waals surface area contributed by atoms with Crippen LogP contribution >= 0.6 is 0 Å². The zero-order valence-corrected chi connectivity index (χ0v) is 16.3. The van der Waals surface area contributed by atoms with Crippen LogP contribution in [-0.2, 0) is 10.4 Å². The second kappa shape index (κ2) is 8.33. The van der Waals surface area contributed by atoms with Crippen LogP contribution in [0.25, 0.3) is 0 Å². The number of methoxy groups -OCH3 is 2. The van der Waals surface area contributed by atoms with Gasteiger partial charge in [0.25, 0.3) is 5.91 Å². The van der Waals surface area contributed by atoms with E-state index in [2.05, 4.69) is 0 Å². The van der Waals surface area contributed by atoms with E-state index >= 15 is 0 Å².